The maximum absolute atomic E-state index is 13.9. The lowest BCUT2D eigenvalue weighted by molar-refractivity contribution is -0.134. The van der Waals surface area contributed by atoms with E-state index in [2.05, 4.69) is 5.32 Å². The minimum Gasteiger partial charge on any atom is -0.489 e. The SMILES string of the molecule is CC(C)CC(C(=O)N(CCc1ccc(OCc2ccccc2)cc1)C(=O)NC(C)(C)C)N(C)C(=O)OC(C)(C)C. The first-order valence-corrected chi connectivity index (χ1v) is 13.9. The molecule has 1 unspecified atom stereocenters. The Kier molecular flexibility index (Phi) is 11.6. The van der Waals surface area contributed by atoms with Gasteiger partial charge in [-0.05, 0) is 83.6 Å². The average Bonchev–Trinajstić information content (AvgIpc) is 2.84. The number of carbonyl (C=O) groups is 3. The van der Waals surface area contributed by atoms with E-state index >= 15 is 0 Å². The quantitative estimate of drug-likeness (QED) is 0.366. The molecular formula is C32H47N3O5. The van der Waals surface area contributed by atoms with Gasteiger partial charge in [0.05, 0.1) is 0 Å². The van der Waals surface area contributed by atoms with Crippen molar-refractivity contribution in [2.24, 2.45) is 5.92 Å². The molecule has 0 heterocycles. The summed E-state index contributed by atoms with van der Waals surface area (Å²) >= 11 is 0. The van der Waals surface area contributed by atoms with E-state index in [1.54, 1.807) is 27.8 Å². The normalized spacial score (nSPS) is 12.4. The van der Waals surface area contributed by atoms with E-state index in [4.69, 9.17) is 9.47 Å². The van der Waals surface area contributed by atoms with Crippen molar-refractivity contribution in [2.45, 2.75) is 92.0 Å². The molecule has 2 rings (SSSR count). The Labute approximate surface area is 240 Å². The van der Waals surface area contributed by atoms with E-state index in [0.29, 0.717) is 19.4 Å². The first-order valence-electron chi connectivity index (χ1n) is 13.9. The van der Waals surface area contributed by atoms with Crippen molar-refractivity contribution in [3.8, 4) is 5.75 Å². The van der Waals surface area contributed by atoms with Crippen LogP contribution >= 0.6 is 0 Å². The lowest BCUT2D eigenvalue weighted by Crippen LogP contribution is -2.57. The summed E-state index contributed by atoms with van der Waals surface area (Å²) in [5.74, 6) is 0.406. The number of rotatable bonds is 10. The van der Waals surface area contributed by atoms with E-state index < -0.39 is 35.2 Å². The Balaban J connectivity index is 2.20. The standard InChI is InChI=1S/C32H47N3O5/c1-23(2)21-27(34(9)30(38)40-32(6,7)8)28(36)35(29(37)33-31(3,4)5)20-19-24-15-17-26(18-16-24)39-22-25-13-11-10-12-14-25/h10-18,23,27H,19-22H2,1-9H3,(H,33,37). The molecule has 1 N–H and O–H groups in total. The van der Waals surface area contributed by atoms with Crippen LogP contribution < -0.4 is 10.1 Å². The number of hydrogen-bond acceptors (Lipinski definition) is 5. The summed E-state index contributed by atoms with van der Waals surface area (Å²) in [7, 11) is 1.55. The highest BCUT2D eigenvalue weighted by Crippen LogP contribution is 2.19. The molecule has 8 nitrogen and oxygen atoms in total. The van der Waals surface area contributed by atoms with Crippen molar-refractivity contribution in [2.75, 3.05) is 13.6 Å². The minimum absolute atomic E-state index is 0.106. The van der Waals surface area contributed by atoms with Gasteiger partial charge in [-0.3, -0.25) is 14.6 Å². The maximum atomic E-state index is 13.9. The van der Waals surface area contributed by atoms with Crippen LogP contribution in [0.25, 0.3) is 0 Å². The van der Waals surface area contributed by atoms with Gasteiger partial charge in [-0.2, -0.15) is 0 Å². The smallest absolute Gasteiger partial charge is 0.410 e. The van der Waals surface area contributed by atoms with Crippen molar-refractivity contribution in [3.05, 3.63) is 65.7 Å². The van der Waals surface area contributed by atoms with E-state index in [-0.39, 0.29) is 12.5 Å². The van der Waals surface area contributed by atoms with Crippen LogP contribution in [-0.2, 0) is 22.6 Å². The van der Waals surface area contributed by atoms with E-state index in [1.807, 2.05) is 89.2 Å². The highest BCUT2D eigenvalue weighted by atomic mass is 16.6. The summed E-state index contributed by atoms with van der Waals surface area (Å²) in [4.78, 5) is 42.7. The molecule has 4 amide bonds. The van der Waals surface area contributed by atoms with Crippen molar-refractivity contribution in [3.63, 3.8) is 0 Å². The van der Waals surface area contributed by atoms with Gasteiger partial charge < -0.3 is 14.8 Å². The molecule has 40 heavy (non-hydrogen) atoms. The molecule has 2 aromatic rings. The van der Waals surface area contributed by atoms with Gasteiger partial charge >= 0.3 is 12.1 Å². The number of amides is 4. The highest BCUT2D eigenvalue weighted by Gasteiger charge is 2.36. The van der Waals surface area contributed by atoms with Crippen LogP contribution in [-0.4, -0.2) is 58.6 Å². The number of likely N-dealkylation sites (N-methyl/N-ethyl adjacent to an activating group) is 1. The third kappa shape index (κ3) is 11.3. The largest absolute Gasteiger partial charge is 0.489 e. The van der Waals surface area contributed by atoms with Gasteiger partial charge in [0.1, 0.15) is 24.0 Å². The van der Waals surface area contributed by atoms with Crippen molar-refractivity contribution >= 4 is 18.0 Å². The van der Waals surface area contributed by atoms with E-state index in [9.17, 15) is 14.4 Å². The topological polar surface area (TPSA) is 88.2 Å². The van der Waals surface area contributed by atoms with Gasteiger partial charge in [0.25, 0.3) is 5.91 Å². The number of nitrogens with one attached hydrogen (secondary N) is 1. The van der Waals surface area contributed by atoms with Gasteiger partial charge in [0.15, 0.2) is 0 Å². The highest BCUT2D eigenvalue weighted by molar-refractivity contribution is 5.98. The van der Waals surface area contributed by atoms with Crippen LogP contribution in [0.15, 0.2) is 54.6 Å². The van der Waals surface area contributed by atoms with Crippen molar-refractivity contribution < 1.29 is 23.9 Å². The maximum Gasteiger partial charge on any atom is 0.410 e. The number of benzene rings is 2. The molecule has 2 aromatic carbocycles. The first-order chi connectivity index (χ1) is 18.6. The number of urea groups is 1. The third-order valence-electron chi connectivity index (χ3n) is 5.92. The molecule has 220 valence electrons. The van der Waals surface area contributed by atoms with Crippen LogP contribution in [0.1, 0.15) is 72.9 Å². The molecule has 1 atom stereocenters. The van der Waals surface area contributed by atoms with Crippen molar-refractivity contribution in [1.82, 2.24) is 15.1 Å². The van der Waals surface area contributed by atoms with Crippen LogP contribution in [0.3, 0.4) is 0 Å². The summed E-state index contributed by atoms with van der Waals surface area (Å²) in [6.07, 6.45) is 0.238. The third-order valence-corrected chi connectivity index (χ3v) is 5.92. The number of imide groups is 1. The molecule has 0 aliphatic rings. The molecular weight excluding hydrogens is 506 g/mol. The molecule has 0 saturated heterocycles. The number of ether oxygens (including phenoxy) is 2. The zero-order chi connectivity index (χ0) is 30.1. The molecule has 0 saturated carbocycles. The molecule has 0 aromatic heterocycles. The lowest BCUT2D eigenvalue weighted by Gasteiger charge is -2.35. The Hall–Kier alpha value is -3.55. The molecule has 0 fully saturated rings. The minimum atomic E-state index is -0.852. The van der Waals surface area contributed by atoms with Crippen LogP contribution in [0.5, 0.6) is 5.75 Å². The summed E-state index contributed by atoms with van der Waals surface area (Å²) < 4.78 is 11.4. The fourth-order valence-corrected chi connectivity index (χ4v) is 3.95. The Bertz CT molecular complexity index is 1100. The van der Waals surface area contributed by atoms with Crippen LogP contribution in [0.4, 0.5) is 9.59 Å². The zero-order valence-corrected chi connectivity index (χ0v) is 25.6. The molecule has 0 radical (unpaired) electrons. The average molecular weight is 554 g/mol. The Morgan fingerprint density at radius 3 is 2.00 bits per heavy atom. The number of hydrogen-bond donors (Lipinski definition) is 1. The van der Waals surface area contributed by atoms with Gasteiger partial charge in [-0.25, -0.2) is 9.59 Å². The predicted octanol–water partition coefficient (Wildman–Crippen LogP) is 6.43. The summed E-state index contributed by atoms with van der Waals surface area (Å²) in [6, 6.07) is 16.2. The Morgan fingerprint density at radius 2 is 1.48 bits per heavy atom. The lowest BCUT2D eigenvalue weighted by atomic mass is 10.0. The monoisotopic (exact) mass is 553 g/mol. The molecule has 0 aliphatic carbocycles. The molecule has 0 bridgehead atoms. The van der Waals surface area contributed by atoms with Gasteiger partial charge in [0, 0.05) is 19.1 Å². The number of carbonyl (C=O) groups excluding carboxylic acids is 3. The molecule has 0 spiro atoms. The van der Waals surface area contributed by atoms with E-state index in [1.165, 1.54) is 9.80 Å². The summed E-state index contributed by atoms with van der Waals surface area (Å²) in [6.45, 7) is 15.5. The number of nitrogens with zero attached hydrogens (tertiary/aromatic N) is 2. The van der Waals surface area contributed by atoms with E-state index in [0.717, 1.165) is 16.9 Å². The van der Waals surface area contributed by atoms with Gasteiger partial charge in [-0.15, -0.1) is 0 Å². The first kappa shape index (κ1) is 32.7. The van der Waals surface area contributed by atoms with Crippen LogP contribution in [0.2, 0.25) is 0 Å². The second-order valence-corrected chi connectivity index (χ2v) is 12.6. The second-order valence-electron chi connectivity index (χ2n) is 12.6. The fraction of sp³-hybridized carbons (Fsp3) is 0.531. The van der Waals surface area contributed by atoms with Crippen LogP contribution in [0, 0.1) is 5.92 Å². The van der Waals surface area contributed by atoms with Gasteiger partial charge in [-0.1, -0.05) is 56.3 Å². The van der Waals surface area contributed by atoms with Crippen molar-refractivity contribution in [1.29, 1.82) is 0 Å². The van der Waals surface area contributed by atoms with Gasteiger partial charge in [0.2, 0.25) is 0 Å². The summed E-state index contributed by atoms with van der Waals surface area (Å²) in [5, 5.41) is 2.90. The Morgan fingerprint density at radius 1 is 0.875 bits per heavy atom. The second kappa shape index (κ2) is 14.2. The fourth-order valence-electron chi connectivity index (χ4n) is 3.95. The predicted molar refractivity (Wildman–Crippen MR) is 158 cm³/mol. The zero-order valence-electron chi connectivity index (χ0n) is 25.6. The molecule has 0 aliphatic heterocycles. The molecule has 8 heteroatoms. The summed E-state index contributed by atoms with van der Waals surface area (Å²) in [5.41, 5.74) is 0.780.